The summed E-state index contributed by atoms with van der Waals surface area (Å²) in [5.74, 6) is -0.391. The second kappa shape index (κ2) is 13.4. The molecule has 0 saturated heterocycles. The van der Waals surface area contributed by atoms with Crippen molar-refractivity contribution < 1.29 is 23.9 Å². The number of nitrogens with zero attached hydrogens (tertiary/aromatic N) is 2. The summed E-state index contributed by atoms with van der Waals surface area (Å²) in [6, 6.07) is 18.6. The number of hydrogen-bond acceptors (Lipinski definition) is 8. The lowest BCUT2D eigenvalue weighted by Gasteiger charge is -2.18. The fourth-order valence-electron chi connectivity index (χ4n) is 3.50. The standard InChI is InChI=1S/C27H28N6O5/c34-25(20-10-11-21-16-31-33-22(21)15-20)30-17-23(32-27(36)38-18-19-7-2-1-3-8-19)26(35)37-14-6-13-29-24-9-4-5-12-28-24/h1-5,7-12,15-16,23H,6,13-14,17-18H2,(H,28,29)(H,30,34)(H,31,33)(H,32,36). The van der Waals surface area contributed by atoms with Crippen LogP contribution >= 0.6 is 0 Å². The molecule has 2 aromatic carbocycles. The lowest BCUT2D eigenvalue weighted by atomic mass is 10.1. The van der Waals surface area contributed by atoms with E-state index in [2.05, 4.69) is 31.1 Å². The van der Waals surface area contributed by atoms with E-state index in [1.165, 1.54) is 0 Å². The summed E-state index contributed by atoms with van der Waals surface area (Å²) in [7, 11) is 0. The monoisotopic (exact) mass is 516 g/mol. The third kappa shape index (κ3) is 7.79. The zero-order valence-corrected chi connectivity index (χ0v) is 20.6. The van der Waals surface area contributed by atoms with Crippen molar-refractivity contribution in [3.8, 4) is 0 Å². The van der Waals surface area contributed by atoms with E-state index in [0.717, 1.165) is 16.8 Å². The second-order valence-corrected chi connectivity index (χ2v) is 8.30. The van der Waals surface area contributed by atoms with E-state index in [-0.39, 0.29) is 19.8 Å². The van der Waals surface area contributed by atoms with Crippen LogP contribution in [-0.2, 0) is 20.9 Å². The first-order valence-electron chi connectivity index (χ1n) is 12.1. The Bertz CT molecular complexity index is 1350. The number of anilines is 1. The minimum atomic E-state index is -1.15. The van der Waals surface area contributed by atoms with Crippen molar-refractivity contribution in [1.82, 2.24) is 25.8 Å². The number of pyridine rings is 1. The number of ether oxygens (including phenoxy) is 2. The van der Waals surface area contributed by atoms with Gasteiger partial charge in [-0.1, -0.05) is 42.5 Å². The van der Waals surface area contributed by atoms with Gasteiger partial charge in [0.25, 0.3) is 5.91 Å². The Labute approximate surface area is 218 Å². The Kier molecular flexibility index (Phi) is 9.22. The number of aromatic nitrogens is 3. The topological polar surface area (TPSA) is 147 Å². The number of carbonyl (C=O) groups is 3. The number of rotatable bonds is 12. The van der Waals surface area contributed by atoms with Gasteiger partial charge in [0.1, 0.15) is 18.5 Å². The quantitative estimate of drug-likeness (QED) is 0.166. The highest BCUT2D eigenvalue weighted by molar-refractivity contribution is 5.98. The summed E-state index contributed by atoms with van der Waals surface area (Å²) in [4.78, 5) is 42.1. The summed E-state index contributed by atoms with van der Waals surface area (Å²) in [6.07, 6.45) is 3.04. The van der Waals surface area contributed by atoms with Gasteiger partial charge in [-0.15, -0.1) is 0 Å². The average Bonchev–Trinajstić information content (AvgIpc) is 3.43. The Morgan fingerprint density at radius 2 is 1.82 bits per heavy atom. The van der Waals surface area contributed by atoms with Crippen LogP contribution in [0.4, 0.5) is 10.6 Å². The van der Waals surface area contributed by atoms with Gasteiger partial charge in [-0.2, -0.15) is 5.10 Å². The Hall–Kier alpha value is -4.93. The predicted octanol–water partition coefficient (Wildman–Crippen LogP) is 3.03. The molecular formula is C27H28N6O5. The number of fused-ring (bicyclic) bond motifs is 1. The molecule has 0 bridgehead atoms. The first kappa shape index (κ1) is 26.1. The molecule has 4 N–H and O–H groups in total. The van der Waals surface area contributed by atoms with Gasteiger partial charge in [0.05, 0.1) is 18.3 Å². The van der Waals surface area contributed by atoms with Crippen LogP contribution in [0.2, 0.25) is 0 Å². The minimum absolute atomic E-state index is 0.0319. The molecule has 2 aromatic heterocycles. The molecular weight excluding hydrogens is 488 g/mol. The van der Waals surface area contributed by atoms with Crippen LogP contribution in [0.25, 0.3) is 10.9 Å². The molecule has 0 saturated carbocycles. The van der Waals surface area contributed by atoms with Crippen molar-refractivity contribution >= 4 is 34.7 Å². The van der Waals surface area contributed by atoms with Crippen LogP contribution in [0.1, 0.15) is 22.3 Å². The molecule has 0 radical (unpaired) electrons. The minimum Gasteiger partial charge on any atom is -0.464 e. The lowest BCUT2D eigenvalue weighted by molar-refractivity contribution is -0.145. The maximum atomic E-state index is 12.8. The molecule has 196 valence electrons. The third-order valence-corrected chi connectivity index (χ3v) is 5.50. The molecule has 1 unspecified atom stereocenters. The smallest absolute Gasteiger partial charge is 0.408 e. The number of H-pyrrole nitrogens is 1. The second-order valence-electron chi connectivity index (χ2n) is 8.30. The van der Waals surface area contributed by atoms with E-state index in [1.54, 1.807) is 30.6 Å². The van der Waals surface area contributed by atoms with Crippen molar-refractivity contribution in [2.24, 2.45) is 0 Å². The Balaban J connectivity index is 1.30. The average molecular weight is 517 g/mol. The maximum absolute atomic E-state index is 12.8. The van der Waals surface area contributed by atoms with Crippen molar-refractivity contribution in [3.63, 3.8) is 0 Å². The molecule has 0 aliphatic heterocycles. The molecule has 11 nitrogen and oxygen atoms in total. The van der Waals surface area contributed by atoms with Gasteiger partial charge in [0.2, 0.25) is 0 Å². The molecule has 0 aliphatic carbocycles. The number of benzene rings is 2. The molecule has 11 heteroatoms. The number of nitrogens with one attached hydrogen (secondary N) is 4. The Morgan fingerprint density at radius 3 is 2.63 bits per heavy atom. The van der Waals surface area contributed by atoms with Crippen molar-refractivity contribution in [2.75, 3.05) is 25.0 Å². The first-order chi connectivity index (χ1) is 18.6. The van der Waals surface area contributed by atoms with Crippen LogP contribution in [0.3, 0.4) is 0 Å². The van der Waals surface area contributed by atoms with Gasteiger partial charge >= 0.3 is 12.1 Å². The molecule has 4 aromatic rings. The molecule has 0 aliphatic rings. The van der Waals surface area contributed by atoms with Crippen LogP contribution in [0, 0.1) is 0 Å². The summed E-state index contributed by atoms with van der Waals surface area (Å²) >= 11 is 0. The van der Waals surface area contributed by atoms with E-state index in [0.29, 0.717) is 24.0 Å². The highest BCUT2D eigenvalue weighted by atomic mass is 16.6. The van der Waals surface area contributed by atoms with Gasteiger partial charge in [-0.25, -0.2) is 14.6 Å². The van der Waals surface area contributed by atoms with Gasteiger partial charge in [0, 0.05) is 30.2 Å². The molecule has 4 rings (SSSR count). The van der Waals surface area contributed by atoms with Crippen molar-refractivity contribution in [3.05, 3.63) is 90.3 Å². The van der Waals surface area contributed by atoms with Crippen LogP contribution in [0.15, 0.2) is 79.1 Å². The van der Waals surface area contributed by atoms with E-state index in [9.17, 15) is 14.4 Å². The van der Waals surface area contributed by atoms with Crippen LogP contribution < -0.4 is 16.0 Å². The number of hydrogen-bond donors (Lipinski definition) is 4. The molecule has 0 fully saturated rings. The Morgan fingerprint density at radius 1 is 0.974 bits per heavy atom. The molecule has 2 heterocycles. The SMILES string of the molecule is O=C(NC(CNC(=O)c1ccc2cn[nH]c2c1)C(=O)OCCCNc1ccccn1)OCc1ccccc1. The van der Waals surface area contributed by atoms with E-state index in [4.69, 9.17) is 9.47 Å². The van der Waals surface area contributed by atoms with Gasteiger partial charge in [0.15, 0.2) is 0 Å². The predicted molar refractivity (Wildman–Crippen MR) is 140 cm³/mol. The number of esters is 1. The zero-order valence-electron chi connectivity index (χ0n) is 20.6. The van der Waals surface area contributed by atoms with Gasteiger partial charge in [-0.05, 0) is 36.2 Å². The van der Waals surface area contributed by atoms with Crippen molar-refractivity contribution in [2.45, 2.75) is 19.1 Å². The molecule has 0 spiro atoms. The number of aromatic amines is 1. The van der Waals surface area contributed by atoms with E-state index < -0.39 is 24.0 Å². The fraction of sp³-hybridized carbons (Fsp3) is 0.222. The maximum Gasteiger partial charge on any atom is 0.408 e. The summed E-state index contributed by atoms with van der Waals surface area (Å²) in [6.45, 7) is 0.490. The highest BCUT2D eigenvalue weighted by Crippen LogP contribution is 2.12. The summed E-state index contributed by atoms with van der Waals surface area (Å²) in [5.41, 5.74) is 1.88. The van der Waals surface area contributed by atoms with E-state index in [1.807, 2.05) is 48.5 Å². The largest absolute Gasteiger partial charge is 0.464 e. The summed E-state index contributed by atoms with van der Waals surface area (Å²) in [5, 5.41) is 15.9. The summed E-state index contributed by atoms with van der Waals surface area (Å²) < 4.78 is 10.6. The van der Waals surface area contributed by atoms with Gasteiger partial charge in [-0.3, -0.25) is 9.89 Å². The molecule has 1 atom stereocenters. The highest BCUT2D eigenvalue weighted by Gasteiger charge is 2.24. The number of amides is 2. The first-order valence-corrected chi connectivity index (χ1v) is 12.1. The fourth-order valence-corrected chi connectivity index (χ4v) is 3.50. The van der Waals surface area contributed by atoms with Crippen molar-refractivity contribution in [1.29, 1.82) is 0 Å². The van der Waals surface area contributed by atoms with Crippen LogP contribution in [-0.4, -0.2) is 58.9 Å². The van der Waals surface area contributed by atoms with Crippen LogP contribution in [0.5, 0.6) is 0 Å². The zero-order chi connectivity index (χ0) is 26.6. The van der Waals surface area contributed by atoms with Gasteiger partial charge < -0.3 is 25.4 Å². The normalized spacial score (nSPS) is 11.4. The third-order valence-electron chi connectivity index (χ3n) is 5.50. The number of carbonyl (C=O) groups excluding carboxylic acids is 3. The molecule has 2 amide bonds. The number of alkyl carbamates (subject to hydrolysis) is 1. The molecule has 38 heavy (non-hydrogen) atoms. The lowest BCUT2D eigenvalue weighted by Crippen LogP contribution is -2.49. The van der Waals surface area contributed by atoms with E-state index >= 15 is 0 Å².